The van der Waals surface area contributed by atoms with Crippen LogP contribution in [0.15, 0.2) is 91.1 Å². The molecule has 3 aromatic carbocycles. The molecule has 0 spiro atoms. The number of ether oxygens (including phenoxy) is 1. The number of nitrogens with one attached hydrogen (secondary N) is 1. The first-order valence-corrected chi connectivity index (χ1v) is 12.6. The van der Waals surface area contributed by atoms with E-state index in [0.29, 0.717) is 6.61 Å². The number of esters is 1. The van der Waals surface area contributed by atoms with Crippen LogP contribution in [0.4, 0.5) is 0 Å². The number of hydrogen-bond acceptors (Lipinski definition) is 2. The average Bonchev–Trinajstić information content (AvgIpc) is 3.05. The number of benzene rings is 3. The van der Waals surface area contributed by atoms with Crippen molar-refractivity contribution in [3.05, 3.63) is 119 Å². The van der Waals surface area contributed by atoms with Crippen molar-refractivity contribution in [1.82, 2.24) is 0 Å². The summed E-state index contributed by atoms with van der Waals surface area (Å²) in [6.07, 6.45) is 8.53. The van der Waals surface area contributed by atoms with Gasteiger partial charge < -0.3 is 22.0 Å². The molecule has 0 radical (unpaired) electrons. The van der Waals surface area contributed by atoms with Crippen LogP contribution in [0, 0.1) is 0 Å². The van der Waals surface area contributed by atoms with E-state index in [1.807, 2.05) is 25.1 Å². The van der Waals surface area contributed by atoms with Crippen molar-refractivity contribution < 1.29 is 26.8 Å². The maximum absolute atomic E-state index is 13.1. The zero-order valence-electron chi connectivity index (χ0n) is 20.4. The van der Waals surface area contributed by atoms with E-state index in [1.165, 1.54) is 27.2 Å². The largest absolute Gasteiger partial charge is 1.00 e. The minimum Gasteiger partial charge on any atom is -1.00 e. The highest BCUT2D eigenvalue weighted by atomic mass is 35.5. The van der Waals surface area contributed by atoms with Gasteiger partial charge in [-0.05, 0) is 53.7 Å². The molecule has 2 aliphatic rings. The Bertz CT molecular complexity index is 1120. The molecule has 1 saturated heterocycles. The van der Waals surface area contributed by atoms with Gasteiger partial charge in [0, 0.05) is 18.8 Å². The van der Waals surface area contributed by atoms with Crippen molar-refractivity contribution in [2.24, 2.45) is 0 Å². The normalized spacial score (nSPS) is 21.9. The first-order valence-electron chi connectivity index (χ1n) is 12.6. The molecule has 1 fully saturated rings. The molecular weight excluding hydrogens is 454 g/mol. The van der Waals surface area contributed by atoms with Gasteiger partial charge in [-0.25, -0.2) is 0 Å². The number of hydrogen-bond donors (Lipinski definition) is 1. The molecule has 3 nitrogen and oxygen atoms in total. The molecule has 1 aliphatic heterocycles. The molecule has 0 atom stereocenters. The van der Waals surface area contributed by atoms with Crippen molar-refractivity contribution in [3.63, 3.8) is 0 Å². The Balaban J connectivity index is 0.00000289. The topological polar surface area (TPSA) is 30.7 Å². The Morgan fingerprint density at radius 1 is 0.886 bits per heavy atom. The highest BCUT2D eigenvalue weighted by Crippen LogP contribution is 2.36. The molecule has 4 heteroatoms. The monoisotopic (exact) mass is 487 g/mol. The van der Waals surface area contributed by atoms with Gasteiger partial charge in [0.1, 0.15) is 5.41 Å². The Labute approximate surface area is 215 Å². The van der Waals surface area contributed by atoms with Gasteiger partial charge in [-0.3, -0.25) is 4.79 Å². The van der Waals surface area contributed by atoms with Gasteiger partial charge >= 0.3 is 5.97 Å². The number of allylic oxidation sites excluding steroid dienone is 1. The molecule has 182 valence electrons. The van der Waals surface area contributed by atoms with Crippen LogP contribution in [0.3, 0.4) is 0 Å². The molecule has 0 amide bonds. The zero-order valence-corrected chi connectivity index (χ0v) is 21.1. The van der Waals surface area contributed by atoms with Crippen molar-refractivity contribution in [2.75, 3.05) is 19.7 Å². The first kappa shape index (κ1) is 25.2. The number of carbonyl (C=O) groups is 1. The zero-order chi connectivity index (χ0) is 23.4. The van der Waals surface area contributed by atoms with Gasteiger partial charge in [-0.15, -0.1) is 0 Å². The van der Waals surface area contributed by atoms with Crippen LogP contribution in [0.1, 0.15) is 53.5 Å². The SMILES string of the molecule is CCOC(=O)C1(c2ccccc2)CC[NH+](/C=C/C2c3ccccc3CCc3ccccc32)CC1.[Cl-]. The number of carbonyl (C=O) groups excluding carboxylic acids is 1. The third-order valence-corrected chi connectivity index (χ3v) is 7.71. The van der Waals surface area contributed by atoms with Gasteiger partial charge in [0.25, 0.3) is 0 Å². The molecule has 1 N–H and O–H groups in total. The lowest BCUT2D eigenvalue weighted by Crippen LogP contribution is -3.09. The second kappa shape index (κ2) is 11.2. The van der Waals surface area contributed by atoms with E-state index in [9.17, 15) is 4.79 Å². The summed E-state index contributed by atoms with van der Waals surface area (Å²) >= 11 is 0. The summed E-state index contributed by atoms with van der Waals surface area (Å²) in [6.45, 7) is 4.15. The average molecular weight is 488 g/mol. The number of fused-ring (bicyclic) bond motifs is 2. The maximum Gasteiger partial charge on any atom is 0.317 e. The van der Waals surface area contributed by atoms with E-state index in [4.69, 9.17) is 4.74 Å². The van der Waals surface area contributed by atoms with Gasteiger partial charge in [0.05, 0.1) is 25.9 Å². The molecule has 35 heavy (non-hydrogen) atoms. The van der Waals surface area contributed by atoms with Crippen LogP contribution < -0.4 is 17.3 Å². The Hall–Kier alpha value is -2.88. The Kier molecular flexibility index (Phi) is 8.10. The van der Waals surface area contributed by atoms with Crippen LogP contribution in [-0.4, -0.2) is 25.7 Å². The Morgan fingerprint density at radius 3 is 2.00 bits per heavy atom. The van der Waals surface area contributed by atoms with E-state index >= 15 is 0 Å². The first-order chi connectivity index (χ1) is 16.7. The third kappa shape index (κ3) is 5.07. The summed E-state index contributed by atoms with van der Waals surface area (Å²) in [5.41, 5.74) is 6.30. The van der Waals surface area contributed by atoms with Crippen molar-refractivity contribution in [3.8, 4) is 0 Å². The second-order valence-electron chi connectivity index (χ2n) is 9.56. The van der Waals surface area contributed by atoms with Gasteiger partial charge in [-0.2, -0.15) is 0 Å². The lowest BCUT2D eigenvalue weighted by Gasteiger charge is -2.37. The predicted molar refractivity (Wildman–Crippen MR) is 136 cm³/mol. The van der Waals surface area contributed by atoms with E-state index in [0.717, 1.165) is 44.3 Å². The van der Waals surface area contributed by atoms with Gasteiger partial charge in [0.2, 0.25) is 0 Å². The van der Waals surface area contributed by atoms with E-state index in [1.54, 1.807) is 0 Å². The van der Waals surface area contributed by atoms with Crippen molar-refractivity contribution >= 4 is 5.97 Å². The highest BCUT2D eigenvalue weighted by molar-refractivity contribution is 5.83. The van der Waals surface area contributed by atoms with Crippen LogP contribution >= 0.6 is 0 Å². The maximum atomic E-state index is 13.1. The second-order valence-corrected chi connectivity index (χ2v) is 9.56. The number of quaternary nitrogens is 1. The van der Waals surface area contributed by atoms with Crippen LogP contribution in [-0.2, 0) is 27.8 Å². The summed E-state index contributed by atoms with van der Waals surface area (Å²) in [5, 5.41) is 0. The summed E-state index contributed by atoms with van der Waals surface area (Å²) in [6, 6.07) is 28.0. The fraction of sp³-hybridized carbons (Fsp3) is 0.323. The lowest BCUT2D eigenvalue weighted by atomic mass is 9.72. The highest BCUT2D eigenvalue weighted by Gasteiger charge is 2.45. The molecular formula is C31H34ClNO2. The summed E-state index contributed by atoms with van der Waals surface area (Å²) in [4.78, 5) is 14.5. The van der Waals surface area contributed by atoms with Crippen LogP contribution in [0.5, 0.6) is 0 Å². The molecule has 5 rings (SSSR count). The van der Waals surface area contributed by atoms with E-state index in [-0.39, 0.29) is 24.3 Å². The van der Waals surface area contributed by atoms with E-state index < -0.39 is 5.41 Å². The number of rotatable bonds is 5. The lowest BCUT2D eigenvalue weighted by molar-refractivity contribution is -0.853. The summed E-state index contributed by atoms with van der Waals surface area (Å²) in [7, 11) is 0. The number of piperidine rings is 1. The fourth-order valence-corrected chi connectivity index (χ4v) is 5.81. The molecule has 0 bridgehead atoms. The molecule has 0 unspecified atom stereocenters. The number of aryl methyl sites for hydroxylation is 2. The minimum atomic E-state index is -0.532. The third-order valence-electron chi connectivity index (χ3n) is 7.71. The smallest absolute Gasteiger partial charge is 0.317 e. The predicted octanol–water partition coefficient (Wildman–Crippen LogP) is 1.61. The summed E-state index contributed by atoms with van der Waals surface area (Å²) in [5.74, 6) is 0.198. The number of halogens is 1. The number of likely N-dealkylation sites (tertiary alicyclic amines) is 1. The molecule has 1 aliphatic carbocycles. The molecule has 0 aromatic heterocycles. The molecule has 1 heterocycles. The van der Waals surface area contributed by atoms with Crippen LogP contribution in [0.2, 0.25) is 0 Å². The standard InChI is InChI=1S/C31H33NO2.ClH/c1-2-34-30(33)31(26-12-4-3-5-13-26)19-22-32(23-20-31)21-18-29-27-14-8-6-10-24(27)16-17-25-11-7-9-15-28(25)29;/h3-15,18,21,29H,2,16-17,19-20,22-23H2,1H3;1H/b21-18+;. The fourth-order valence-electron chi connectivity index (χ4n) is 5.81. The molecule has 0 saturated carbocycles. The minimum absolute atomic E-state index is 0. The van der Waals surface area contributed by atoms with Crippen molar-refractivity contribution in [2.45, 2.75) is 43.9 Å². The summed E-state index contributed by atoms with van der Waals surface area (Å²) < 4.78 is 5.56. The Morgan fingerprint density at radius 2 is 1.43 bits per heavy atom. The molecule has 3 aromatic rings. The quantitative estimate of drug-likeness (QED) is 0.554. The van der Waals surface area contributed by atoms with Crippen LogP contribution in [0.25, 0.3) is 0 Å². The van der Waals surface area contributed by atoms with Gasteiger partial charge in [-0.1, -0.05) is 78.9 Å². The van der Waals surface area contributed by atoms with Gasteiger partial charge in [0.15, 0.2) is 0 Å². The van der Waals surface area contributed by atoms with Crippen molar-refractivity contribution in [1.29, 1.82) is 0 Å². The van der Waals surface area contributed by atoms with E-state index in [2.05, 4.69) is 72.9 Å².